The number of amides is 1. The lowest BCUT2D eigenvalue weighted by Crippen LogP contribution is -2.51. The highest BCUT2D eigenvalue weighted by Crippen LogP contribution is 2.15. The maximum absolute atomic E-state index is 12.3. The molecule has 0 aromatic heterocycles. The Balaban J connectivity index is 1.99. The fourth-order valence-electron chi connectivity index (χ4n) is 2.58. The summed E-state index contributed by atoms with van der Waals surface area (Å²) in [5.41, 5.74) is 0.588. The van der Waals surface area contributed by atoms with Gasteiger partial charge in [0, 0.05) is 37.9 Å². The fourth-order valence-corrected chi connectivity index (χ4v) is 3.83. The molecule has 0 radical (unpaired) electrons. The average Bonchev–Trinajstić information content (AvgIpc) is 2.54. The monoisotopic (exact) mass is 354 g/mol. The van der Waals surface area contributed by atoms with E-state index in [2.05, 4.69) is 20.3 Å². The summed E-state index contributed by atoms with van der Waals surface area (Å²) in [6.45, 7) is 8.86. The molecule has 0 spiro atoms. The van der Waals surface area contributed by atoms with E-state index < -0.39 is 10.0 Å². The lowest BCUT2D eigenvalue weighted by atomic mass is 10.2. The number of nitrogens with zero attached hydrogens (tertiary/aromatic N) is 1. The molecule has 1 aromatic rings. The van der Waals surface area contributed by atoms with Crippen LogP contribution in [0.4, 0.5) is 5.69 Å². The highest BCUT2D eigenvalue weighted by atomic mass is 32.2. The molecule has 8 heteroatoms. The van der Waals surface area contributed by atoms with Crippen molar-refractivity contribution in [3.63, 3.8) is 0 Å². The normalized spacial score (nSPS) is 17.7. The van der Waals surface area contributed by atoms with Crippen LogP contribution < -0.4 is 15.4 Å². The third-order valence-electron chi connectivity index (χ3n) is 3.90. The second-order valence-corrected chi connectivity index (χ2v) is 7.97. The predicted molar refractivity (Wildman–Crippen MR) is 94.4 cm³/mol. The standard InChI is InChI=1S/C16H26N4O3S/c1-12(2)19-24(22,23)15-6-4-14(5-7-15)18-16(21)13(3)20-10-8-17-9-11-20/h4-7,12-13,17,19H,8-11H2,1-3H3,(H,18,21)/t13-/m1/s1. The van der Waals surface area contributed by atoms with E-state index in [1.165, 1.54) is 12.1 Å². The van der Waals surface area contributed by atoms with Crippen LogP contribution in [-0.4, -0.2) is 57.5 Å². The minimum absolute atomic E-state index is 0.0900. The quantitative estimate of drug-likeness (QED) is 0.696. The largest absolute Gasteiger partial charge is 0.325 e. The Kier molecular flexibility index (Phi) is 6.34. The van der Waals surface area contributed by atoms with E-state index in [0.29, 0.717) is 5.69 Å². The van der Waals surface area contributed by atoms with Gasteiger partial charge in [-0.15, -0.1) is 0 Å². The highest BCUT2D eigenvalue weighted by Gasteiger charge is 2.23. The Morgan fingerprint density at radius 2 is 1.71 bits per heavy atom. The molecule has 2 rings (SSSR count). The van der Waals surface area contributed by atoms with Crippen molar-refractivity contribution >= 4 is 21.6 Å². The van der Waals surface area contributed by atoms with Crippen molar-refractivity contribution in [3.8, 4) is 0 Å². The van der Waals surface area contributed by atoms with Crippen LogP contribution in [0.2, 0.25) is 0 Å². The van der Waals surface area contributed by atoms with Crippen molar-refractivity contribution in [1.82, 2.24) is 14.9 Å². The molecule has 0 bridgehead atoms. The van der Waals surface area contributed by atoms with Gasteiger partial charge < -0.3 is 10.6 Å². The molecule has 0 unspecified atom stereocenters. The first-order chi connectivity index (χ1) is 11.3. The van der Waals surface area contributed by atoms with Gasteiger partial charge >= 0.3 is 0 Å². The number of sulfonamides is 1. The summed E-state index contributed by atoms with van der Waals surface area (Å²) in [6.07, 6.45) is 0. The van der Waals surface area contributed by atoms with E-state index in [4.69, 9.17) is 0 Å². The molecule has 1 aromatic carbocycles. The molecule has 7 nitrogen and oxygen atoms in total. The summed E-state index contributed by atoms with van der Waals surface area (Å²) >= 11 is 0. The van der Waals surface area contributed by atoms with E-state index >= 15 is 0 Å². The molecule has 0 aliphatic carbocycles. The number of benzene rings is 1. The van der Waals surface area contributed by atoms with Crippen molar-refractivity contribution in [2.75, 3.05) is 31.5 Å². The Morgan fingerprint density at radius 1 is 1.12 bits per heavy atom. The Morgan fingerprint density at radius 3 is 2.25 bits per heavy atom. The molecular weight excluding hydrogens is 328 g/mol. The maximum Gasteiger partial charge on any atom is 0.241 e. The van der Waals surface area contributed by atoms with Crippen LogP contribution in [-0.2, 0) is 14.8 Å². The van der Waals surface area contributed by atoms with Gasteiger partial charge in [0.2, 0.25) is 15.9 Å². The molecule has 3 N–H and O–H groups in total. The maximum atomic E-state index is 12.3. The zero-order valence-electron chi connectivity index (χ0n) is 14.4. The van der Waals surface area contributed by atoms with Crippen LogP contribution in [0.5, 0.6) is 0 Å². The first-order valence-corrected chi connectivity index (χ1v) is 9.66. The molecule has 1 atom stereocenters. The number of anilines is 1. The van der Waals surface area contributed by atoms with Gasteiger partial charge in [0.05, 0.1) is 10.9 Å². The van der Waals surface area contributed by atoms with E-state index in [-0.39, 0.29) is 22.9 Å². The molecule has 1 aliphatic rings. The predicted octanol–water partition coefficient (Wildman–Crippen LogP) is 0.606. The molecule has 1 aliphatic heterocycles. The summed E-state index contributed by atoms with van der Waals surface area (Å²) in [6, 6.07) is 5.81. The number of carbonyl (C=O) groups is 1. The minimum atomic E-state index is -3.52. The highest BCUT2D eigenvalue weighted by molar-refractivity contribution is 7.89. The van der Waals surface area contributed by atoms with E-state index in [9.17, 15) is 13.2 Å². The Labute approximate surface area is 143 Å². The zero-order chi connectivity index (χ0) is 17.7. The molecule has 1 heterocycles. The summed E-state index contributed by atoms with van der Waals surface area (Å²) in [5.74, 6) is -0.0900. The van der Waals surface area contributed by atoms with Crippen molar-refractivity contribution < 1.29 is 13.2 Å². The van der Waals surface area contributed by atoms with Gasteiger partial charge in [0.15, 0.2) is 0 Å². The van der Waals surface area contributed by atoms with Gasteiger partial charge in [-0.25, -0.2) is 13.1 Å². The first-order valence-electron chi connectivity index (χ1n) is 8.17. The lowest BCUT2D eigenvalue weighted by Gasteiger charge is -2.31. The van der Waals surface area contributed by atoms with Gasteiger partial charge in [0.25, 0.3) is 0 Å². The smallest absolute Gasteiger partial charge is 0.241 e. The first kappa shape index (κ1) is 18.9. The van der Waals surface area contributed by atoms with E-state index in [1.807, 2.05) is 6.92 Å². The van der Waals surface area contributed by atoms with Crippen LogP contribution >= 0.6 is 0 Å². The number of hydrogen-bond acceptors (Lipinski definition) is 5. The number of hydrogen-bond donors (Lipinski definition) is 3. The Hall–Kier alpha value is -1.48. The third-order valence-corrected chi connectivity index (χ3v) is 5.58. The fraction of sp³-hybridized carbons (Fsp3) is 0.562. The van der Waals surface area contributed by atoms with E-state index in [1.54, 1.807) is 26.0 Å². The van der Waals surface area contributed by atoms with Crippen molar-refractivity contribution in [3.05, 3.63) is 24.3 Å². The van der Waals surface area contributed by atoms with Gasteiger partial charge in [-0.1, -0.05) is 0 Å². The van der Waals surface area contributed by atoms with E-state index in [0.717, 1.165) is 26.2 Å². The lowest BCUT2D eigenvalue weighted by molar-refractivity contribution is -0.120. The minimum Gasteiger partial charge on any atom is -0.325 e. The summed E-state index contributed by atoms with van der Waals surface area (Å²) in [4.78, 5) is 14.6. The summed E-state index contributed by atoms with van der Waals surface area (Å²) in [7, 11) is -3.52. The molecule has 1 saturated heterocycles. The molecule has 1 fully saturated rings. The van der Waals surface area contributed by atoms with Gasteiger partial charge in [0.1, 0.15) is 0 Å². The van der Waals surface area contributed by atoms with Crippen LogP contribution in [0.3, 0.4) is 0 Å². The summed E-state index contributed by atoms with van der Waals surface area (Å²) in [5, 5.41) is 6.10. The molecular formula is C16H26N4O3S. The molecule has 1 amide bonds. The number of nitrogens with one attached hydrogen (secondary N) is 3. The average molecular weight is 354 g/mol. The van der Waals surface area contributed by atoms with Crippen molar-refractivity contribution in [2.24, 2.45) is 0 Å². The second kappa shape index (κ2) is 8.06. The Bertz CT molecular complexity index is 652. The van der Waals surface area contributed by atoms with Crippen molar-refractivity contribution in [1.29, 1.82) is 0 Å². The number of rotatable bonds is 6. The van der Waals surface area contributed by atoms with Gasteiger partial charge in [-0.2, -0.15) is 0 Å². The van der Waals surface area contributed by atoms with Crippen LogP contribution in [0.1, 0.15) is 20.8 Å². The zero-order valence-corrected chi connectivity index (χ0v) is 15.2. The van der Waals surface area contributed by atoms with Gasteiger partial charge in [-0.3, -0.25) is 9.69 Å². The summed E-state index contributed by atoms with van der Waals surface area (Å²) < 4.78 is 26.7. The SMILES string of the molecule is CC(C)NS(=O)(=O)c1ccc(NC(=O)[C@@H](C)N2CCNCC2)cc1. The third kappa shape index (κ3) is 5.01. The topological polar surface area (TPSA) is 90.5 Å². The van der Waals surface area contributed by atoms with Gasteiger partial charge in [-0.05, 0) is 45.0 Å². The number of carbonyl (C=O) groups excluding carboxylic acids is 1. The second-order valence-electron chi connectivity index (χ2n) is 6.25. The van der Waals surface area contributed by atoms with Crippen LogP contribution in [0.15, 0.2) is 29.2 Å². The molecule has 0 saturated carbocycles. The van der Waals surface area contributed by atoms with Crippen LogP contribution in [0.25, 0.3) is 0 Å². The molecule has 134 valence electrons. The van der Waals surface area contributed by atoms with Crippen LogP contribution in [0, 0.1) is 0 Å². The number of piperazine rings is 1. The van der Waals surface area contributed by atoms with Crippen molar-refractivity contribution in [2.45, 2.75) is 37.8 Å². The molecule has 24 heavy (non-hydrogen) atoms.